The number of amides is 1. The van der Waals surface area contributed by atoms with E-state index in [2.05, 4.69) is 31.2 Å². The summed E-state index contributed by atoms with van der Waals surface area (Å²) in [5.74, 6) is -0.575. The number of carbonyl (C=O) groups is 1. The minimum Gasteiger partial charge on any atom is -0.394 e. The maximum atomic E-state index is 13.4. The highest BCUT2D eigenvalue weighted by Gasteiger charge is 2.28. The van der Waals surface area contributed by atoms with Crippen LogP contribution in [-0.2, 0) is 4.79 Å². The predicted molar refractivity (Wildman–Crippen MR) is 102 cm³/mol. The number of aromatic nitrogens is 2. The second-order valence-corrected chi connectivity index (χ2v) is 7.76. The van der Waals surface area contributed by atoms with Crippen LogP contribution in [0.15, 0.2) is 37.3 Å². The molecule has 0 unspecified atom stereocenters. The van der Waals surface area contributed by atoms with Crippen LogP contribution in [0.4, 0.5) is 10.1 Å². The third-order valence-electron chi connectivity index (χ3n) is 4.17. The number of benzene rings is 1. The predicted octanol–water partition coefficient (Wildman–Crippen LogP) is 2.10. The van der Waals surface area contributed by atoms with Crippen molar-refractivity contribution in [3.63, 3.8) is 0 Å². The molecule has 12 heteroatoms. The highest BCUT2D eigenvalue weighted by molar-refractivity contribution is 9.10. The number of amidine groups is 1. The molecular weight excluding hydrogens is 457 g/mol. The molecule has 2 heterocycles. The van der Waals surface area contributed by atoms with Gasteiger partial charge in [0.2, 0.25) is 5.91 Å². The normalized spacial score (nSPS) is 17.2. The van der Waals surface area contributed by atoms with Gasteiger partial charge in [-0.15, -0.1) is 0 Å². The number of hydrogen-bond acceptors (Lipinski definition) is 8. The third-order valence-corrected chi connectivity index (χ3v) is 5.71. The van der Waals surface area contributed by atoms with Crippen molar-refractivity contribution in [2.24, 2.45) is 4.99 Å². The number of hydroxylamine groups is 1. The second-order valence-electron chi connectivity index (χ2n) is 5.94. The van der Waals surface area contributed by atoms with Gasteiger partial charge in [0.1, 0.15) is 5.82 Å². The van der Waals surface area contributed by atoms with Crippen molar-refractivity contribution < 1.29 is 24.1 Å². The van der Waals surface area contributed by atoms with Crippen LogP contribution in [0.5, 0.6) is 0 Å². The van der Waals surface area contributed by atoms with E-state index in [-0.39, 0.29) is 45.3 Å². The zero-order valence-electron chi connectivity index (χ0n) is 14.5. The van der Waals surface area contributed by atoms with E-state index in [9.17, 15) is 19.5 Å². The first-order chi connectivity index (χ1) is 13.5. The minimum atomic E-state index is -0.446. The molecule has 1 amide bonds. The van der Waals surface area contributed by atoms with E-state index in [1.807, 2.05) is 5.48 Å². The largest absolute Gasteiger partial charge is 0.394 e. The van der Waals surface area contributed by atoms with Crippen molar-refractivity contribution in [1.29, 1.82) is 0 Å². The number of thioether (sulfide) groups is 1. The zero-order valence-corrected chi connectivity index (χ0v) is 16.9. The number of carbonyl (C=O) groups excluding carboxylic acids is 1. The fourth-order valence-corrected chi connectivity index (χ4v) is 3.95. The van der Waals surface area contributed by atoms with E-state index in [1.165, 1.54) is 18.2 Å². The molecular formula is C16H17BrFN5O4S. The van der Waals surface area contributed by atoms with Crippen molar-refractivity contribution in [1.82, 2.24) is 20.7 Å². The lowest BCUT2D eigenvalue weighted by atomic mass is 10.2. The van der Waals surface area contributed by atoms with E-state index in [4.69, 9.17) is 4.63 Å². The fourth-order valence-electron chi connectivity index (χ4n) is 2.80. The maximum absolute atomic E-state index is 13.4. The Kier molecular flexibility index (Phi) is 6.99. The molecule has 0 bridgehead atoms. The van der Waals surface area contributed by atoms with Gasteiger partial charge in [-0.2, -0.15) is 0 Å². The topological polar surface area (TPSA) is 124 Å². The molecule has 1 aliphatic heterocycles. The molecule has 1 aromatic carbocycles. The number of nitrogens with zero attached hydrogens (tertiary/aromatic N) is 4. The Bertz CT molecular complexity index is 880. The first-order valence-electron chi connectivity index (χ1n) is 8.33. The van der Waals surface area contributed by atoms with Crippen LogP contribution >= 0.6 is 27.7 Å². The zero-order chi connectivity index (χ0) is 20.1. The number of aliphatic imine (C=N–C) groups is 1. The number of likely N-dealkylation sites (tertiary alicyclic amines) is 1. The Hall–Kier alpha value is -2.02. The molecule has 1 saturated heterocycles. The summed E-state index contributed by atoms with van der Waals surface area (Å²) >= 11 is 4.15. The average Bonchev–Trinajstić information content (AvgIpc) is 3.36. The summed E-state index contributed by atoms with van der Waals surface area (Å²) in [6.07, 6.45) is 1.64. The highest BCUT2D eigenvalue weighted by Crippen LogP contribution is 2.25. The summed E-state index contributed by atoms with van der Waals surface area (Å²) < 4.78 is 18.3. The van der Waals surface area contributed by atoms with Gasteiger partial charge in [0, 0.05) is 6.54 Å². The molecule has 2 aromatic rings. The summed E-state index contributed by atoms with van der Waals surface area (Å²) in [7, 11) is 0. The molecule has 1 aromatic heterocycles. The van der Waals surface area contributed by atoms with Crippen LogP contribution in [0.3, 0.4) is 0 Å². The van der Waals surface area contributed by atoms with Gasteiger partial charge in [0.25, 0.3) is 0 Å². The van der Waals surface area contributed by atoms with Crippen molar-refractivity contribution >= 4 is 45.1 Å². The number of aliphatic hydroxyl groups excluding tert-OH is 1. The monoisotopic (exact) mass is 473 g/mol. The molecule has 1 aliphatic rings. The van der Waals surface area contributed by atoms with Crippen LogP contribution in [0.25, 0.3) is 0 Å². The fraction of sp³-hybridized carbons (Fsp3) is 0.375. The van der Waals surface area contributed by atoms with Crippen LogP contribution in [0.1, 0.15) is 18.5 Å². The van der Waals surface area contributed by atoms with E-state index in [1.54, 1.807) is 4.90 Å². The lowest BCUT2D eigenvalue weighted by Gasteiger charge is -2.22. The number of halogens is 2. The van der Waals surface area contributed by atoms with Crippen molar-refractivity contribution in [2.75, 3.05) is 18.9 Å². The van der Waals surface area contributed by atoms with Gasteiger partial charge in [-0.3, -0.25) is 15.5 Å². The number of aliphatic hydroxyl groups is 1. The molecule has 9 nitrogen and oxygen atoms in total. The molecule has 3 N–H and O–H groups in total. The molecule has 150 valence electrons. The number of hydrogen-bond donors (Lipinski definition) is 3. The molecule has 0 aliphatic carbocycles. The Morgan fingerprint density at radius 2 is 2.32 bits per heavy atom. The second kappa shape index (κ2) is 9.45. The summed E-state index contributed by atoms with van der Waals surface area (Å²) in [5.41, 5.74) is 2.38. The van der Waals surface area contributed by atoms with Crippen molar-refractivity contribution in [3.8, 4) is 0 Å². The summed E-state index contributed by atoms with van der Waals surface area (Å²) in [6.45, 7) is 0.546. The van der Waals surface area contributed by atoms with E-state index in [0.29, 0.717) is 12.2 Å². The van der Waals surface area contributed by atoms with E-state index >= 15 is 0 Å². The minimum absolute atomic E-state index is 0.0638. The third kappa shape index (κ3) is 4.69. The molecule has 0 radical (unpaired) electrons. The lowest BCUT2D eigenvalue weighted by molar-refractivity contribution is -0.129. The smallest absolute Gasteiger partial charge is 0.233 e. The van der Waals surface area contributed by atoms with Gasteiger partial charge in [-0.05, 0) is 57.3 Å². The van der Waals surface area contributed by atoms with Crippen LogP contribution < -0.4 is 5.48 Å². The van der Waals surface area contributed by atoms with Crippen LogP contribution in [-0.4, -0.2) is 62.2 Å². The van der Waals surface area contributed by atoms with Crippen LogP contribution in [0.2, 0.25) is 0 Å². The molecule has 0 spiro atoms. The standard InChI is InChI=1S/C16H17BrFN5O4S/c17-11-6-9(3-4-12(11)18)19-15(20-26)14-16(22-27-21-14)28-8-13(25)23-5-1-2-10(23)7-24/h3-4,6,10,24,26H,1-2,5,7-8H2,(H,19,20)/t10-/m0/s1. The average molecular weight is 474 g/mol. The maximum Gasteiger partial charge on any atom is 0.233 e. The summed E-state index contributed by atoms with van der Waals surface area (Å²) in [5, 5.41) is 26.5. The SMILES string of the molecule is O=C(CSc1nonc1C(=Nc1ccc(F)c(Br)c1)NO)N1CCC[C@H]1CO. The van der Waals surface area contributed by atoms with E-state index < -0.39 is 5.82 Å². The molecule has 0 saturated carbocycles. The molecule has 28 heavy (non-hydrogen) atoms. The first kappa shape index (κ1) is 20.7. The first-order valence-corrected chi connectivity index (χ1v) is 10.1. The van der Waals surface area contributed by atoms with Gasteiger partial charge in [-0.1, -0.05) is 11.8 Å². The molecule has 1 fully saturated rings. The van der Waals surface area contributed by atoms with Crippen LogP contribution in [0, 0.1) is 5.82 Å². The Labute approximate surface area is 172 Å². The summed E-state index contributed by atoms with van der Waals surface area (Å²) in [4.78, 5) is 18.2. The van der Waals surface area contributed by atoms with Crippen molar-refractivity contribution in [2.45, 2.75) is 23.9 Å². The Morgan fingerprint density at radius 1 is 1.50 bits per heavy atom. The Morgan fingerprint density at radius 3 is 3.04 bits per heavy atom. The lowest BCUT2D eigenvalue weighted by Crippen LogP contribution is -2.38. The number of rotatable bonds is 6. The number of nitrogens with one attached hydrogen (secondary N) is 1. The Balaban J connectivity index is 1.73. The van der Waals surface area contributed by atoms with Crippen molar-refractivity contribution in [3.05, 3.63) is 34.2 Å². The molecule has 1 atom stereocenters. The molecule has 3 rings (SSSR count). The van der Waals surface area contributed by atoms with Gasteiger partial charge in [-0.25, -0.2) is 14.0 Å². The van der Waals surface area contributed by atoms with E-state index in [0.717, 1.165) is 24.6 Å². The highest BCUT2D eigenvalue weighted by atomic mass is 79.9. The summed E-state index contributed by atoms with van der Waals surface area (Å²) in [6, 6.07) is 3.92. The van der Waals surface area contributed by atoms with Gasteiger partial charge in [0.15, 0.2) is 16.6 Å². The van der Waals surface area contributed by atoms with Gasteiger partial charge < -0.3 is 10.0 Å². The van der Waals surface area contributed by atoms with Gasteiger partial charge in [0.05, 0.1) is 28.6 Å². The quantitative estimate of drug-likeness (QED) is 0.252. The van der Waals surface area contributed by atoms with Gasteiger partial charge >= 0.3 is 0 Å².